The van der Waals surface area contributed by atoms with Crippen LogP contribution in [0.15, 0.2) is 406 Å². The first kappa shape index (κ1) is 121. The van der Waals surface area contributed by atoms with E-state index in [9.17, 15) is 0 Å². The fourth-order valence-corrected chi connectivity index (χ4v) is 15.5. The third-order valence-electron chi connectivity index (χ3n) is 22.3. The summed E-state index contributed by atoms with van der Waals surface area (Å²) in [5.74, 6) is 0. The van der Waals surface area contributed by atoms with Gasteiger partial charge in [0.05, 0.1) is 0 Å². The molecule has 23 aromatic rings. The van der Waals surface area contributed by atoms with Gasteiger partial charge in [0, 0.05) is 348 Å². The summed E-state index contributed by atoms with van der Waals surface area (Å²) in [6.07, 6.45) is 0. The van der Waals surface area contributed by atoms with Gasteiger partial charge in [0.1, 0.15) is 0 Å². The van der Waals surface area contributed by atoms with Crippen LogP contribution in [0.25, 0.3) is 166 Å². The molecule has 3 nitrogen and oxygen atoms in total. The minimum atomic E-state index is 0. The molecular formula is C128H91N3Y9-18. The smallest absolute Gasteiger partial charge is 0.0488 e. The Morgan fingerprint density at radius 2 is 0.436 bits per heavy atom. The van der Waals surface area contributed by atoms with E-state index in [1.807, 2.05) is 225 Å². The van der Waals surface area contributed by atoms with Gasteiger partial charge in [0.15, 0.2) is 0 Å². The summed E-state index contributed by atoms with van der Waals surface area (Å²) in [6, 6.07) is 195. The Kier molecular flexibility index (Phi) is 53.4. The molecule has 12 heteroatoms. The van der Waals surface area contributed by atoms with Crippen LogP contribution in [-0.4, -0.2) is 13.7 Å². The first-order valence-corrected chi connectivity index (χ1v) is 43.6. The zero-order valence-electron chi connectivity index (χ0n) is 79.7. The topological polar surface area (TPSA) is 14.8 Å². The van der Waals surface area contributed by atoms with E-state index >= 15 is 0 Å². The predicted molar refractivity (Wildman–Crippen MR) is 545 cm³/mol. The average molecular weight is 2470 g/mol. The van der Waals surface area contributed by atoms with Gasteiger partial charge in [0.2, 0.25) is 0 Å². The van der Waals surface area contributed by atoms with Crippen molar-refractivity contribution in [3.05, 3.63) is 543 Å². The minimum Gasteiger partial charge on any atom is -0.383 e. The number of rotatable bonds is 9. The number of hydrogen-bond donors (Lipinski definition) is 0. The van der Waals surface area contributed by atoms with Crippen molar-refractivity contribution in [2.75, 3.05) is 0 Å². The molecular weight excluding hydrogens is 2380 g/mol. The predicted octanol–water partition coefficient (Wildman–Crippen LogP) is 31.4. The Labute approximate surface area is 1060 Å². The van der Waals surface area contributed by atoms with Crippen LogP contribution in [0.1, 0.15) is 27.8 Å². The maximum atomic E-state index is 3.55. The van der Waals surface area contributed by atoms with Crippen molar-refractivity contribution in [3.63, 3.8) is 0 Å². The first-order valence-electron chi connectivity index (χ1n) is 43.6. The minimum absolute atomic E-state index is 0. The SMILES string of the molecule is Cc1[c-]c(-c2[c-]cccc2)ccc1.Cc1c[c-]c(-c2[c-]c[c-]c(-c3[c-]cccc3)c2)cc1.Cc1c[c-]c(-c2[c-]cccc2)cc1.Cc1cc[c-]c(-c2[c-]c[c-]c(-c3[c-]cccc3)c2)c1.Cc1cc[c-]c(-c2[c-]cccc2)c1.Cn1c2c[c-]c(-c3[c-]cccc3)cc2c2ccccc21.Cn1c2ccc(-c3[c-]cccc3)[c-]c2c2ccccc21.Cn1c2ccccc2c2ccccc21.[Y].[Y].[Y].[Y].[Y].[Y].[Y].[Y].[Y]. The van der Waals surface area contributed by atoms with Crippen LogP contribution in [0.3, 0.4) is 0 Å². The van der Waals surface area contributed by atoms with E-state index in [4.69, 9.17) is 0 Å². The van der Waals surface area contributed by atoms with Crippen LogP contribution < -0.4 is 0 Å². The second kappa shape index (κ2) is 62.0. The fourth-order valence-electron chi connectivity index (χ4n) is 15.5. The van der Waals surface area contributed by atoms with Gasteiger partial charge < -0.3 is 72.4 Å². The fraction of sp³-hybridized carbons (Fsp3) is 0.0625. The summed E-state index contributed by atoms with van der Waals surface area (Å²) in [4.78, 5) is 0. The molecule has 0 bridgehead atoms. The molecule has 0 atom stereocenters. The van der Waals surface area contributed by atoms with Crippen molar-refractivity contribution in [2.45, 2.75) is 34.6 Å². The maximum absolute atomic E-state index is 3.55. The Bertz CT molecular complexity index is 7360. The number of aryl methyl sites for hydroxylation is 8. The maximum Gasteiger partial charge on any atom is 0.0488 e. The zero-order valence-corrected chi connectivity index (χ0v) is 105. The zero-order chi connectivity index (χ0) is 90.0. The molecule has 0 saturated carbocycles. The number of aromatic nitrogens is 3. The average Bonchev–Trinajstić information content (AvgIpc) is 1.62. The summed E-state index contributed by atoms with van der Waals surface area (Å²) in [6.45, 7) is 10.3. The molecule has 0 aliphatic rings. The molecule has 3 aromatic heterocycles. The van der Waals surface area contributed by atoms with Gasteiger partial charge in [-0.05, 0) is 40.7 Å². The molecule has 0 aliphatic carbocycles. The van der Waals surface area contributed by atoms with Gasteiger partial charge in [-0.2, -0.15) is 247 Å². The summed E-state index contributed by atoms with van der Waals surface area (Å²) in [7, 11) is 6.32. The largest absolute Gasteiger partial charge is 0.383 e. The van der Waals surface area contributed by atoms with E-state index in [1.165, 1.54) is 87.7 Å². The molecule has 20 aromatic carbocycles. The summed E-state index contributed by atoms with van der Waals surface area (Å²) < 4.78 is 6.68. The molecule has 0 N–H and O–H groups in total. The number of para-hydroxylation sites is 4. The number of benzene rings is 20. The van der Waals surface area contributed by atoms with Gasteiger partial charge in [-0.15, -0.1) is 149 Å². The Morgan fingerprint density at radius 1 is 0.164 bits per heavy atom. The molecule has 0 aliphatic heterocycles. The van der Waals surface area contributed by atoms with Gasteiger partial charge in [-0.1, -0.05) is 118 Å². The monoisotopic (exact) mass is 2470 g/mol. The second-order valence-corrected chi connectivity index (χ2v) is 31.6. The van der Waals surface area contributed by atoms with E-state index in [1.54, 1.807) is 0 Å². The number of nitrogens with zero attached hydrogens (tertiary/aromatic N) is 3. The Balaban J connectivity index is 0.000000217. The van der Waals surface area contributed by atoms with Crippen molar-refractivity contribution in [1.82, 2.24) is 13.7 Å². The van der Waals surface area contributed by atoms with Crippen molar-refractivity contribution >= 4 is 65.4 Å². The van der Waals surface area contributed by atoms with Gasteiger partial charge in [0.25, 0.3) is 0 Å². The molecule has 0 spiro atoms. The molecule has 663 valence electrons. The van der Waals surface area contributed by atoms with E-state index in [0.717, 1.165) is 106 Å². The Hall–Kier alpha value is -6.26. The van der Waals surface area contributed by atoms with Crippen molar-refractivity contribution < 1.29 is 294 Å². The third kappa shape index (κ3) is 32.9. The number of fused-ring (bicyclic) bond motifs is 9. The van der Waals surface area contributed by atoms with Crippen molar-refractivity contribution in [3.8, 4) is 100 Å². The van der Waals surface area contributed by atoms with Crippen LogP contribution in [0.2, 0.25) is 0 Å². The van der Waals surface area contributed by atoms with Crippen LogP contribution in [0.4, 0.5) is 0 Å². The Morgan fingerprint density at radius 3 is 0.807 bits per heavy atom. The third-order valence-corrected chi connectivity index (χ3v) is 22.3. The van der Waals surface area contributed by atoms with Gasteiger partial charge in [-0.25, -0.2) is 74.3 Å². The molecule has 9 radical (unpaired) electrons. The van der Waals surface area contributed by atoms with Gasteiger partial charge >= 0.3 is 0 Å². The molecule has 23 rings (SSSR count). The summed E-state index contributed by atoms with van der Waals surface area (Å²) in [5.41, 5.74) is 32.9. The van der Waals surface area contributed by atoms with E-state index in [-0.39, 0.29) is 294 Å². The molecule has 0 fully saturated rings. The van der Waals surface area contributed by atoms with Crippen molar-refractivity contribution in [1.29, 1.82) is 0 Å². The van der Waals surface area contributed by atoms with E-state index in [0.29, 0.717) is 0 Å². The quantitative estimate of drug-likeness (QED) is 0.128. The van der Waals surface area contributed by atoms with E-state index in [2.05, 4.69) is 360 Å². The number of hydrogen-bond acceptors (Lipinski definition) is 0. The molecule has 3 heterocycles. The van der Waals surface area contributed by atoms with Crippen molar-refractivity contribution in [2.24, 2.45) is 21.1 Å². The summed E-state index contributed by atoms with van der Waals surface area (Å²) >= 11 is 0. The molecule has 0 saturated heterocycles. The normalized spacial score (nSPS) is 9.91. The van der Waals surface area contributed by atoms with Crippen LogP contribution in [0.5, 0.6) is 0 Å². The summed E-state index contributed by atoms with van der Waals surface area (Å²) in [5, 5.41) is 7.67. The first-order chi connectivity index (χ1) is 64.3. The second-order valence-electron chi connectivity index (χ2n) is 31.6. The van der Waals surface area contributed by atoms with Crippen LogP contribution in [0, 0.1) is 144 Å². The van der Waals surface area contributed by atoms with Gasteiger partial charge in [-0.3, -0.25) is 23.3 Å². The van der Waals surface area contributed by atoms with Crippen LogP contribution >= 0.6 is 0 Å². The standard InChI is InChI=1S/2C19H13N.2C19H12.C13H11N.3C13H10.9Y/c2*1-20-18-10-6-5-9-16(18)17-13-15(11-12-19(17)20)14-7-3-2-4-8-14;1-15-7-5-10-17(13-15)19-12-6-11-18(14-19)16-8-3-2-4-9-16;1-15-10-12-17(13-11-15)19-9-5-8-18(14-19)16-6-3-2-4-7-16;1-14-12-8-4-2-6-10(12)11-7-3-5-9-13(11)14;2*1-11-6-5-9-13(10-11)12-7-3-2-4-8-12;1-11-7-9-13(10-8-11)12-5-3-2-4-6-12;;;;;;;;;/h2-7,9-10,12-13H,1H3;2-7,9-12H,1H3;2-8,13-14H,1H3;2-6,10-12,14H,1H3;2-9H,1H3;2-7,10H,1H3;2-7,9H,1H3;2-5,7-9H,1H3;;;;;;;;;/q2*-2;2*-4;;3*-2;;;;;;;;;. The molecule has 0 amide bonds. The molecule has 140 heavy (non-hydrogen) atoms. The molecule has 0 unspecified atom stereocenters. The van der Waals surface area contributed by atoms with Crippen LogP contribution in [-0.2, 0) is 316 Å². The van der Waals surface area contributed by atoms with E-state index < -0.39 is 0 Å².